The lowest BCUT2D eigenvalue weighted by molar-refractivity contribution is -0.136. The highest BCUT2D eigenvalue weighted by molar-refractivity contribution is 9.11. The van der Waals surface area contributed by atoms with Crippen molar-refractivity contribution >= 4 is 31.9 Å². The van der Waals surface area contributed by atoms with E-state index in [2.05, 4.69) is 31.9 Å². The lowest BCUT2D eigenvalue weighted by Gasteiger charge is -2.14. The molecule has 0 spiro atoms. The van der Waals surface area contributed by atoms with Gasteiger partial charge in [0.25, 0.3) is 0 Å². The molecule has 0 amide bonds. The average Bonchev–Trinajstić information content (AvgIpc) is 2.19. The van der Waals surface area contributed by atoms with E-state index in [1.54, 1.807) is 18.2 Å². The number of halogens is 5. The van der Waals surface area contributed by atoms with Gasteiger partial charge in [0, 0.05) is 15.4 Å². The van der Waals surface area contributed by atoms with Gasteiger partial charge in [-0.05, 0) is 36.6 Å². The zero-order valence-electron chi connectivity index (χ0n) is 8.77. The second-order valence-corrected chi connectivity index (χ2v) is 5.46. The first-order chi connectivity index (χ1) is 7.79. The Morgan fingerprint density at radius 1 is 1.24 bits per heavy atom. The maximum Gasteiger partial charge on any atom is 0.389 e. The molecule has 1 N–H and O–H groups in total. The van der Waals surface area contributed by atoms with Crippen molar-refractivity contribution in [3.8, 4) is 0 Å². The molecule has 1 atom stereocenters. The summed E-state index contributed by atoms with van der Waals surface area (Å²) in [6, 6.07) is 5.23. The molecule has 0 saturated heterocycles. The molecule has 1 nitrogen and oxygen atoms in total. The van der Waals surface area contributed by atoms with Gasteiger partial charge >= 0.3 is 6.18 Å². The molecule has 1 rings (SSSR count). The fraction of sp³-hybridized carbons (Fsp3) is 0.455. The number of aliphatic hydroxyl groups is 1. The van der Waals surface area contributed by atoms with Crippen LogP contribution < -0.4 is 0 Å². The summed E-state index contributed by atoms with van der Waals surface area (Å²) in [6.45, 7) is 0. The van der Waals surface area contributed by atoms with Crippen LogP contribution in [-0.2, 0) is 0 Å². The van der Waals surface area contributed by atoms with Crippen molar-refractivity contribution in [1.82, 2.24) is 0 Å². The number of aliphatic hydroxyl groups excluding tert-OH is 1. The Morgan fingerprint density at radius 3 is 2.47 bits per heavy atom. The molecule has 1 aromatic rings. The second-order valence-electron chi connectivity index (χ2n) is 3.69. The Bertz CT molecular complexity index is 379. The quantitative estimate of drug-likeness (QED) is 0.786. The van der Waals surface area contributed by atoms with Gasteiger partial charge < -0.3 is 5.11 Å². The van der Waals surface area contributed by atoms with Crippen LogP contribution in [0.1, 0.15) is 30.9 Å². The van der Waals surface area contributed by atoms with Crippen LogP contribution in [0.4, 0.5) is 13.2 Å². The fourth-order valence-electron chi connectivity index (χ4n) is 1.42. The standard InChI is InChI=1S/C11H11Br2F3O/c12-7-3-4-9(13)8(6-7)10(17)2-1-5-11(14,15)16/h3-4,6,10,17H,1-2,5H2. The molecular weight excluding hydrogens is 365 g/mol. The first-order valence-electron chi connectivity index (χ1n) is 4.99. The van der Waals surface area contributed by atoms with E-state index >= 15 is 0 Å². The van der Waals surface area contributed by atoms with E-state index in [9.17, 15) is 18.3 Å². The van der Waals surface area contributed by atoms with Crippen molar-refractivity contribution in [2.75, 3.05) is 0 Å². The van der Waals surface area contributed by atoms with Gasteiger partial charge in [-0.1, -0.05) is 31.9 Å². The fourth-order valence-corrected chi connectivity index (χ4v) is 2.31. The zero-order chi connectivity index (χ0) is 13.1. The molecule has 0 fully saturated rings. The molecule has 17 heavy (non-hydrogen) atoms. The summed E-state index contributed by atoms with van der Waals surface area (Å²) in [4.78, 5) is 0. The molecule has 0 bridgehead atoms. The topological polar surface area (TPSA) is 20.2 Å². The lowest BCUT2D eigenvalue weighted by atomic mass is 10.0. The molecule has 1 unspecified atom stereocenters. The third-order valence-electron chi connectivity index (χ3n) is 2.25. The number of hydrogen-bond donors (Lipinski definition) is 1. The summed E-state index contributed by atoms with van der Waals surface area (Å²) in [6.07, 6.45) is -5.90. The minimum atomic E-state index is -4.16. The summed E-state index contributed by atoms with van der Waals surface area (Å²) in [5.41, 5.74) is 0.599. The van der Waals surface area contributed by atoms with Crippen LogP contribution >= 0.6 is 31.9 Å². The molecule has 1 aromatic carbocycles. The molecule has 96 valence electrons. The van der Waals surface area contributed by atoms with E-state index in [1.165, 1.54) is 0 Å². The third-order valence-corrected chi connectivity index (χ3v) is 3.47. The van der Waals surface area contributed by atoms with E-state index in [-0.39, 0.29) is 12.8 Å². The van der Waals surface area contributed by atoms with E-state index in [0.717, 1.165) is 4.47 Å². The first kappa shape index (κ1) is 15.0. The van der Waals surface area contributed by atoms with E-state index in [4.69, 9.17) is 0 Å². The van der Waals surface area contributed by atoms with Gasteiger partial charge in [0.05, 0.1) is 6.10 Å². The van der Waals surface area contributed by atoms with Crippen molar-refractivity contribution in [3.63, 3.8) is 0 Å². The molecule has 0 aromatic heterocycles. The highest BCUT2D eigenvalue weighted by atomic mass is 79.9. The van der Waals surface area contributed by atoms with Gasteiger partial charge in [-0.15, -0.1) is 0 Å². The van der Waals surface area contributed by atoms with Crippen molar-refractivity contribution in [2.45, 2.75) is 31.5 Å². The van der Waals surface area contributed by atoms with Crippen molar-refractivity contribution in [2.24, 2.45) is 0 Å². The summed E-state index contributed by atoms with van der Waals surface area (Å²) < 4.78 is 37.3. The monoisotopic (exact) mass is 374 g/mol. The Balaban J connectivity index is 2.58. The Labute approximate surface area is 114 Å². The maximum absolute atomic E-state index is 12.0. The largest absolute Gasteiger partial charge is 0.389 e. The van der Waals surface area contributed by atoms with E-state index in [0.29, 0.717) is 10.0 Å². The van der Waals surface area contributed by atoms with Crippen LogP contribution in [-0.4, -0.2) is 11.3 Å². The minimum Gasteiger partial charge on any atom is -0.388 e. The van der Waals surface area contributed by atoms with E-state index < -0.39 is 18.7 Å². The first-order valence-corrected chi connectivity index (χ1v) is 6.58. The van der Waals surface area contributed by atoms with Gasteiger partial charge in [0.1, 0.15) is 0 Å². The summed E-state index contributed by atoms with van der Waals surface area (Å²) in [5, 5.41) is 9.80. The molecule has 0 saturated carbocycles. The van der Waals surface area contributed by atoms with Crippen LogP contribution in [0.25, 0.3) is 0 Å². The van der Waals surface area contributed by atoms with Gasteiger partial charge in [-0.25, -0.2) is 0 Å². The normalized spacial score (nSPS) is 13.8. The number of alkyl halides is 3. The summed E-state index contributed by atoms with van der Waals surface area (Å²) in [5.74, 6) is 0. The van der Waals surface area contributed by atoms with Gasteiger partial charge in [-0.2, -0.15) is 13.2 Å². The smallest absolute Gasteiger partial charge is 0.388 e. The maximum atomic E-state index is 12.0. The van der Waals surface area contributed by atoms with Crippen LogP contribution in [0, 0.1) is 0 Å². The Hall–Kier alpha value is -0.0700. The average molecular weight is 376 g/mol. The predicted molar refractivity (Wildman–Crippen MR) is 66.7 cm³/mol. The second kappa shape index (κ2) is 6.20. The molecule has 0 radical (unpaired) electrons. The van der Waals surface area contributed by atoms with Crippen LogP contribution in [0.3, 0.4) is 0 Å². The molecular formula is C11H11Br2F3O. The minimum absolute atomic E-state index is 0.0797. The predicted octanol–water partition coefficient (Wildman–Crippen LogP) is 4.98. The third kappa shape index (κ3) is 5.40. The van der Waals surface area contributed by atoms with Crippen LogP contribution in [0.15, 0.2) is 27.1 Å². The van der Waals surface area contributed by atoms with Gasteiger partial charge in [0.15, 0.2) is 0 Å². The van der Waals surface area contributed by atoms with Crippen LogP contribution in [0.5, 0.6) is 0 Å². The van der Waals surface area contributed by atoms with Crippen molar-refractivity contribution in [3.05, 3.63) is 32.7 Å². The van der Waals surface area contributed by atoms with Gasteiger partial charge in [-0.3, -0.25) is 0 Å². The summed E-state index contributed by atoms with van der Waals surface area (Å²) in [7, 11) is 0. The highest BCUT2D eigenvalue weighted by Crippen LogP contribution is 2.31. The van der Waals surface area contributed by atoms with Crippen molar-refractivity contribution < 1.29 is 18.3 Å². The number of rotatable bonds is 4. The molecule has 0 aliphatic carbocycles. The van der Waals surface area contributed by atoms with Crippen molar-refractivity contribution in [1.29, 1.82) is 0 Å². The number of benzene rings is 1. The molecule has 6 heteroatoms. The van der Waals surface area contributed by atoms with Crippen LogP contribution in [0.2, 0.25) is 0 Å². The SMILES string of the molecule is OC(CCCC(F)(F)F)c1cc(Br)ccc1Br. The molecule has 0 aliphatic rings. The highest BCUT2D eigenvalue weighted by Gasteiger charge is 2.26. The Morgan fingerprint density at radius 2 is 1.88 bits per heavy atom. The summed E-state index contributed by atoms with van der Waals surface area (Å²) >= 11 is 6.51. The van der Waals surface area contributed by atoms with E-state index in [1.807, 2.05) is 0 Å². The number of hydrogen-bond acceptors (Lipinski definition) is 1. The van der Waals surface area contributed by atoms with Gasteiger partial charge in [0.2, 0.25) is 0 Å². The lowest BCUT2D eigenvalue weighted by Crippen LogP contribution is -2.08. The molecule has 0 heterocycles. The Kier molecular flexibility index (Phi) is 5.47. The zero-order valence-corrected chi connectivity index (χ0v) is 11.9. The molecule has 0 aliphatic heterocycles.